The Labute approximate surface area is 135 Å². The van der Waals surface area contributed by atoms with Crippen molar-refractivity contribution in [1.82, 2.24) is 25.3 Å². The Bertz CT molecular complexity index is 552. The summed E-state index contributed by atoms with van der Waals surface area (Å²) in [4.78, 5) is 25.1. The van der Waals surface area contributed by atoms with Crippen LogP contribution in [0.5, 0.6) is 0 Å². The number of hydrogen-bond acceptors (Lipinski definition) is 3. The van der Waals surface area contributed by atoms with Gasteiger partial charge in [0.1, 0.15) is 5.82 Å². The molecule has 23 heavy (non-hydrogen) atoms. The molecular formula is C15H24N6O2. The molecule has 0 radical (unpaired) electrons. The molecule has 3 rings (SSSR count). The quantitative estimate of drug-likeness (QED) is 0.768. The van der Waals surface area contributed by atoms with Gasteiger partial charge in [-0.3, -0.25) is 5.32 Å². The standard InChI is InChI=1S/C15H24N6O2/c22-14(16-8-10-20-11-9-17-15(20)23)19-13-6-7-18-21(13)12-4-2-1-3-5-12/h6-7,12H,1-5,8-11H2,(H,17,23)(H2,16,19,22). The van der Waals surface area contributed by atoms with Gasteiger partial charge in [-0.05, 0) is 12.8 Å². The molecule has 0 bridgehead atoms. The lowest BCUT2D eigenvalue weighted by Gasteiger charge is -2.24. The number of nitrogens with one attached hydrogen (secondary N) is 3. The average Bonchev–Trinajstić information content (AvgIpc) is 3.18. The monoisotopic (exact) mass is 320 g/mol. The van der Waals surface area contributed by atoms with Crippen molar-refractivity contribution in [2.45, 2.75) is 38.1 Å². The first-order valence-electron chi connectivity index (χ1n) is 8.35. The van der Waals surface area contributed by atoms with Crippen LogP contribution in [0.4, 0.5) is 15.4 Å². The number of aromatic nitrogens is 2. The van der Waals surface area contributed by atoms with Gasteiger partial charge in [-0.25, -0.2) is 14.3 Å². The minimum absolute atomic E-state index is 0.0671. The van der Waals surface area contributed by atoms with E-state index in [2.05, 4.69) is 21.0 Å². The summed E-state index contributed by atoms with van der Waals surface area (Å²) in [7, 11) is 0. The number of carbonyl (C=O) groups is 2. The van der Waals surface area contributed by atoms with Crippen LogP contribution in [0.2, 0.25) is 0 Å². The maximum Gasteiger partial charge on any atom is 0.320 e. The Kier molecular flexibility index (Phi) is 4.99. The SMILES string of the molecule is O=C(NCCN1CCNC1=O)Nc1ccnn1C1CCCCC1. The van der Waals surface area contributed by atoms with Crippen molar-refractivity contribution in [2.24, 2.45) is 0 Å². The summed E-state index contributed by atoms with van der Waals surface area (Å²) in [6.07, 6.45) is 7.66. The van der Waals surface area contributed by atoms with Gasteiger partial charge < -0.3 is 15.5 Å². The fourth-order valence-electron chi connectivity index (χ4n) is 3.22. The molecule has 0 aromatic carbocycles. The summed E-state index contributed by atoms with van der Waals surface area (Å²) in [6.45, 7) is 2.31. The molecule has 2 heterocycles. The van der Waals surface area contributed by atoms with Gasteiger partial charge in [0, 0.05) is 32.2 Å². The Morgan fingerprint density at radius 2 is 2.17 bits per heavy atom. The van der Waals surface area contributed by atoms with Crippen LogP contribution in [0.3, 0.4) is 0 Å². The molecule has 8 nitrogen and oxygen atoms in total. The topological polar surface area (TPSA) is 91.3 Å². The fraction of sp³-hybridized carbons (Fsp3) is 0.667. The van der Waals surface area contributed by atoms with Gasteiger partial charge in [0.05, 0.1) is 12.2 Å². The van der Waals surface area contributed by atoms with Gasteiger partial charge in [-0.15, -0.1) is 0 Å². The van der Waals surface area contributed by atoms with Crippen molar-refractivity contribution >= 4 is 17.9 Å². The Morgan fingerprint density at radius 3 is 2.91 bits per heavy atom. The fourth-order valence-corrected chi connectivity index (χ4v) is 3.22. The predicted molar refractivity (Wildman–Crippen MR) is 86.3 cm³/mol. The lowest BCUT2D eigenvalue weighted by molar-refractivity contribution is 0.216. The largest absolute Gasteiger partial charge is 0.336 e. The zero-order valence-electron chi connectivity index (χ0n) is 13.3. The van der Waals surface area contributed by atoms with Crippen LogP contribution in [0.1, 0.15) is 38.1 Å². The zero-order chi connectivity index (χ0) is 16.1. The highest BCUT2D eigenvalue weighted by molar-refractivity contribution is 5.88. The maximum atomic E-state index is 12.0. The van der Waals surface area contributed by atoms with Gasteiger partial charge in [-0.1, -0.05) is 19.3 Å². The maximum absolute atomic E-state index is 12.0. The van der Waals surface area contributed by atoms with E-state index in [0.717, 1.165) is 18.7 Å². The second kappa shape index (κ2) is 7.34. The Morgan fingerprint density at radius 1 is 1.35 bits per heavy atom. The molecule has 1 aromatic heterocycles. The number of rotatable bonds is 5. The molecule has 2 aliphatic rings. The van der Waals surface area contributed by atoms with E-state index in [1.807, 2.05) is 10.7 Å². The molecule has 1 saturated carbocycles. The first-order valence-corrected chi connectivity index (χ1v) is 8.35. The lowest BCUT2D eigenvalue weighted by atomic mass is 9.96. The molecule has 0 spiro atoms. The minimum Gasteiger partial charge on any atom is -0.336 e. The van der Waals surface area contributed by atoms with E-state index in [9.17, 15) is 9.59 Å². The van der Waals surface area contributed by atoms with Crippen molar-refractivity contribution in [3.05, 3.63) is 12.3 Å². The number of carbonyl (C=O) groups excluding carboxylic acids is 2. The van der Waals surface area contributed by atoms with Crippen LogP contribution in [-0.4, -0.2) is 52.9 Å². The van der Waals surface area contributed by atoms with E-state index in [4.69, 9.17) is 0 Å². The summed E-state index contributed by atoms with van der Waals surface area (Å²) in [5, 5.41) is 12.7. The van der Waals surface area contributed by atoms with Gasteiger partial charge in [0.15, 0.2) is 0 Å². The van der Waals surface area contributed by atoms with Crippen LogP contribution in [0, 0.1) is 0 Å². The number of hydrogen-bond donors (Lipinski definition) is 3. The second-order valence-corrected chi connectivity index (χ2v) is 6.05. The third-order valence-electron chi connectivity index (χ3n) is 4.44. The number of nitrogens with zero attached hydrogens (tertiary/aromatic N) is 3. The molecular weight excluding hydrogens is 296 g/mol. The molecule has 1 aliphatic carbocycles. The summed E-state index contributed by atoms with van der Waals surface area (Å²) in [6, 6.07) is 1.87. The Hall–Kier alpha value is -2.25. The molecule has 1 aliphatic heterocycles. The number of amides is 4. The number of anilines is 1. The van der Waals surface area contributed by atoms with Crippen molar-refractivity contribution in [1.29, 1.82) is 0 Å². The smallest absolute Gasteiger partial charge is 0.320 e. The molecule has 126 valence electrons. The average molecular weight is 320 g/mol. The van der Waals surface area contributed by atoms with Crippen molar-refractivity contribution in [3.63, 3.8) is 0 Å². The predicted octanol–water partition coefficient (Wildman–Crippen LogP) is 1.53. The van der Waals surface area contributed by atoms with Crippen molar-refractivity contribution < 1.29 is 9.59 Å². The van der Waals surface area contributed by atoms with Crippen LogP contribution in [0.25, 0.3) is 0 Å². The second-order valence-electron chi connectivity index (χ2n) is 6.05. The number of urea groups is 2. The summed E-state index contributed by atoms with van der Waals surface area (Å²) < 4.78 is 1.92. The van der Waals surface area contributed by atoms with Crippen LogP contribution < -0.4 is 16.0 Å². The molecule has 3 N–H and O–H groups in total. The molecule has 1 aromatic rings. The van der Waals surface area contributed by atoms with Crippen molar-refractivity contribution in [3.8, 4) is 0 Å². The highest BCUT2D eigenvalue weighted by Crippen LogP contribution is 2.29. The van der Waals surface area contributed by atoms with E-state index in [0.29, 0.717) is 32.2 Å². The molecule has 2 fully saturated rings. The van der Waals surface area contributed by atoms with E-state index < -0.39 is 0 Å². The molecule has 0 atom stereocenters. The highest BCUT2D eigenvalue weighted by Gasteiger charge is 2.20. The van der Waals surface area contributed by atoms with E-state index >= 15 is 0 Å². The third kappa shape index (κ3) is 3.94. The molecule has 1 saturated heterocycles. The molecule has 0 unspecified atom stereocenters. The zero-order valence-corrected chi connectivity index (χ0v) is 13.3. The van der Waals surface area contributed by atoms with Gasteiger partial charge in [-0.2, -0.15) is 5.10 Å². The first kappa shape index (κ1) is 15.6. The van der Waals surface area contributed by atoms with Gasteiger partial charge in [0.2, 0.25) is 0 Å². The molecule has 8 heteroatoms. The first-order chi connectivity index (χ1) is 11.2. The molecule has 4 amide bonds. The van der Waals surface area contributed by atoms with E-state index in [1.165, 1.54) is 19.3 Å². The van der Waals surface area contributed by atoms with E-state index in [-0.39, 0.29) is 12.1 Å². The lowest BCUT2D eigenvalue weighted by Crippen LogP contribution is -2.38. The minimum atomic E-state index is -0.262. The van der Waals surface area contributed by atoms with E-state index in [1.54, 1.807) is 11.1 Å². The van der Waals surface area contributed by atoms with Gasteiger partial charge in [0.25, 0.3) is 0 Å². The normalized spacial score (nSPS) is 18.8. The Balaban J connectivity index is 1.46. The summed E-state index contributed by atoms with van der Waals surface area (Å²) in [5.74, 6) is 0.730. The van der Waals surface area contributed by atoms with Crippen LogP contribution >= 0.6 is 0 Å². The van der Waals surface area contributed by atoms with Crippen molar-refractivity contribution in [2.75, 3.05) is 31.5 Å². The van der Waals surface area contributed by atoms with Gasteiger partial charge >= 0.3 is 12.1 Å². The highest BCUT2D eigenvalue weighted by atomic mass is 16.2. The third-order valence-corrected chi connectivity index (χ3v) is 4.44. The summed E-state index contributed by atoms with van der Waals surface area (Å²) in [5.41, 5.74) is 0. The summed E-state index contributed by atoms with van der Waals surface area (Å²) >= 11 is 0. The van der Waals surface area contributed by atoms with Crippen LogP contribution in [0.15, 0.2) is 12.3 Å². The van der Waals surface area contributed by atoms with Crippen LogP contribution in [-0.2, 0) is 0 Å².